The van der Waals surface area contributed by atoms with E-state index in [0.29, 0.717) is 0 Å². The lowest BCUT2D eigenvalue weighted by Gasteiger charge is -2.10. The van der Waals surface area contributed by atoms with Crippen molar-refractivity contribution in [3.8, 4) is 5.75 Å². The number of hydrogen-bond acceptors (Lipinski definition) is 5. The fraction of sp³-hybridized carbons (Fsp3) is 0.200. The average molecular weight is 209 g/mol. The van der Waals surface area contributed by atoms with E-state index < -0.39 is 11.9 Å². The van der Waals surface area contributed by atoms with Gasteiger partial charge < -0.3 is 19.4 Å². The van der Waals surface area contributed by atoms with Gasteiger partial charge in [0.15, 0.2) is 0 Å². The number of carboxylic acid groups (broad SMARTS) is 1. The van der Waals surface area contributed by atoms with Gasteiger partial charge in [-0.15, -0.1) is 0 Å². The van der Waals surface area contributed by atoms with Crippen LogP contribution in [0.15, 0.2) is 18.2 Å². The van der Waals surface area contributed by atoms with E-state index in [1.54, 1.807) is 0 Å². The summed E-state index contributed by atoms with van der Waals surface area (Å²) in [4.78, 5) is 21.7. The maximum Gasteiger partial charge on any atom is 0.337 e. The number of carboxylic acids is 1. The van der Waals surface area contributed by atoms with E-state index in [-0.39, 0.29) is 16.9 Å². The van der Waals surface area contributed by atoms with Gasteiger partial charge in [0.1, 0.15) is 5.75 Å². The highest BCUT2D eigenvalue weighted by Crippen LogP contribution is 2.19. The van der Waals surface area contributed by atoms with E-state index in [9.17, 15) is 14.7 Å². The Morgan fingerprint density at radius 3 is 2.40 bits per heavy atom. The van der Waals surface area contributed by atoms with Crippen molar-refractivity contribution in [1.82, 2.24) is 0 Å². The molecule has 0 aliphatic heterocycles. The molecule has 0 saturated carbocycles. The normalized spacial score (nSPS) is 9.47. The Morgan fingerprint density at radius 2 is 1.93 bits per heavy atom. The van der Waals surface area contributed by atoms with Crippen LogP contribution in [0, 0.1) is 0 Å². The van der Waals surface area contributed by atoms with Crippen LogP contribution in [0.25, 0.3) is 0 Å². The first kappa shape index (κ1) is 11.0. The van der Waals surface area contributed by atoms with E-state index in [2.05, 4.69) is 4.74 Å². The Labute approximate surface area is 86.2 Å². The van der Waals surface area contributed by atoms with Crippen molar-refractivity contribution in [2.45, 2.75) is 0 Å². The Morgan fingerprint density at radius 1 is 1.27 bits per heavy atom. The lowest BCUT2D eigenvalue weighted by Crippen LogP contribution is -2.23. The fourth-order valence-electron chi connectivity index (χ4n) is 1.10. The van der Waals surface area contributed by atoms with Gasteiger partial charge in [0, 0.05) is 5.56 Å². The third-order valence-corrected chi connectivity index (χ3v) is 1.84. The van der Waals surface area contributed by atoms with E-state index >= 15 is 0 Å². The quantitative estimate of drug-likeness (QED) is 0.647. The first-order valence-electron chi connectivity index (χ1n) is 4.08. The highest BCUT2D eigenvalue weighted by Gasteiger charge is 2.10. The van der Waals surface area contributed by atoms with E-state index in [0.717, 1.165) is 0 Å². The largest absolute Gasteiger partial charge is 0.545 e. The van der Waals surface area contributed by atoms with Crippen molar-refractivity contribution in [2.24, 2.45) is 0 Å². The van der Waals surface area contributed by atoms with Gasteiger partial charge >= 0.3 is 5.97 Å². The van der Waals surface area contributed by atoms with Crippen molar-refractivity contribution < 1.29 is 24.2 Å². The molecule has 1 rings (SSSR count). The van der Waals surface area contributed by atoms with Crippen LogP contribution in [0.4, 0.5) is 0 Å². The molecule has 0 bridgehead atoms. The molecule has 0 aliphatic carbocycles. The SMILES string of the molecule is COC(=O)c1ccc(C(=O)[O-])c(OC)c1. The molecular formula is C10H9O5-. The molecule has 0 saturated heterocycles. The Kier molecular flexibility index (Phi) is 3.28. The zero-order chi connectivity index (χ0) is 11.4. The Balaban J connectivity index is 3.19. The van der Waals surface area contributed by atoms with Crippen molar-refractivity contribution >= 4 is 11.9 Å². The molecule has 0 amide bonds. The molecule has 0 heterocycles. The summed E-state index contributed by atoms with van der Waals surface area (Å²) < 4.78 is 9.29. The predicted octanol–water partition coefficient (Wildman–Crippen LogP) is -0.155. The molecule has 0 aliphatic rings. The first-order valence-corrected chi connectivity index (χ1v) is 4.08. The molecule has 1 aromatic carbocycles. The number of carbonyl (C=O) groups excluding carboxylic acids is 2. The number of methoxy groups -OCH3 is 2. The van der Waals surface area contributed by atoms with Crippen molar-refractivity contribution in [1.29, 1.82) is 0 Å². The first-order chi connectivity index (χ1) is 7.10. The summed E-state index contributed by atoms with van der Waals surface area (Å²) in [7, 11) is 2.55. The smallest absolute Gasteiger partial charge is 0.337 e. The molecule has 0 atom stereocenters. The second-order valence-corrected chi connectivity index (χ2v) is 2.69. The van der Waals surface area contributed by atoms with Crippen LogP contribution in [0.1, 0.15) is 20.7 Å². The third kappa shape index (κ3) is 2.25. The lowest BCUT2D eigenvalue weighted by atomic mass is 10.1. The summed E-state index contributed by atoms with van der Waals surface area (Å²) in [6.45, 7) is 0. The molecular weight excluding hydrogens is 200 g/mol. The third-order valence-electron chi connectivity index (χ3n) is 1.84. The average Bonchev–Trinajstić information content (AvgIpc) is 2.26. The van der Waals surface area contributed by atoms with E-state index in [1.807, 2.05) is 0 Å². The number of hydrogen-bond donors (Lipinski definition) is 0. The van der Waals surface area contributed by atoms with E-state index in [4.69, 9.17) is 4.74 Å². The van der Waals surface area contributed by atoms with E-state index in [1.165, 1.54) is 32.4 Å². The predicted molar refractivity (Wildman–Crippen MR) is 48.7 cm³/mol. The number of carbonyl (C=O) groups is 2. The molecule has 0 unspecified atom stereocenters. The summed E-state index contributed by atoms with van der Waals surface area (Å²) in [5, 5.41) is 10.6. The van der Waals surface area contributed by atoms with Crippen LogP contribution in [-0.4, -0.2) is 26.2 Å². The van der Waals surface area contributed by atoms with Gasteiger partial charge in [-0.1, -0.05) is 0 Å². The molecule has 5 nitrogen and oxygen atoms in total. The Hall–Kier alpha value is -2.04. The van der Waals surface area contributed by atoms with Gasteiger partial charge in [0.2, 0.25) is 0 Å². The highest BCUT2D eigenvalue weighted by molar-refractivity contribution is 5.94. The van der Waals surface area contributed by atoms with Crippen LogP contribution in [-0.2, 0) is 4.74 Å². The molecule has 0 aromatic heterocycles. The standard InChI is InChI=1S/C10H10O5/c1-14-8-5-6(10(13)15-2)3-4-7(8)9(11)12/h3-5H,1-2H3,(H,11,12)/p-1. The zero-order valence-corrected chi connectivity index (χ0v) is 8.27. The summed E-state index contributed by atoms with van der Waals surface area (Å²) in [5.41, 5.74) is 0.115. The van der Waals surface area contributed by atoms with Crippen LogP contribution in [0.2, 0.25) is 0 Å². The van der Waals surface area contributed by atoms with Crippen LogP contribution >= 0.6 is 0 Å². The maximum atomic E-state index is 11.1. The maximum absolute atomic E-state index is 11.1. The fourth-order valence-corrected chi connectivity index (χ4v) is 1.10. The van der Waals surface area contributed by atoms with Gasteiger partial charge in [-0.25, -0.2) is 4.79 Å². The second kappa shape index (κ2) is 4.45. The number of rotatable bonds is 3. The number of ether oxygens (including phenoxy) is 2. The van der Waals surface area contributed by atoms with Crippen LogP contribution < -0.4 is 9.84 Å². The summed E-state index contributed by atoms with van der Waals surface area (Å²) in [6.07, 6.45) is 0. The monoisotopic (exact) mass is 209 g/mol. The van der Waals surface area contributed by atoms with Gasteiger partial charge in [0.25, 0.3) is 0 Å². The Bertz CT molecular complexity index is 397. The lowest BCUT2D eigenvalue weighted by molar-refractivity contribution is -0.255. The minimum atomic E-state index is -1.36. The number of benzene rings is 1. The summed E-state index contributed by atoms with van der Waals surface area (Å²) in [6, 6.07) is 3.86. The van der Waals surface area contributed by atoms with Gasteiger partial charge in [-0.3, -0.25) is 0 Å². The number of aromatic carboxylic acids is 1. The molecule has 0 N–H and O–H groups in total. The molecule has 1 aromatic rings. The minimum absolute atomic E-state index is 0.0675. The topological polar surface area (TPSA) is 75.7 Å². The van der Waals surface area contributed by atoms with Crippen molar-refractivity contribution in [3.05, 3.63) is 29.3 Å². The highest BCUT2D eigenvalue weighted by atomic mass is 16.5. The van der Waals surface area contributed by atoms with Crippen molar-refractivity contribution in [2.75, 3.05) is 14.2 Å². The molecule has 0 radical (unpaired) electrons. The molecule has 0 fully saturated rings. The molecule has 5 heteroatoms. The van der Waals surface area contributed by atoms with Gasteiger partial charge in [-0.2, -0.15) is 0 Å². The summed E-state index contributed by atoms with van der Waals surface area (Å²) >= 11 is 0. The molecule has 15 heavy (non-hydrogen) atoms. The van der Waals surface area contributed by atoms with Crippen LogP contribution in [0.3, 0.4) is 0 Å². The van der Waals surface area contributed by atoms with Gasteiger partial charge in [-0.05, 0) is 18.2 Å². The minimum Gasteiger partial charge on any atom is -0.545 e. The summed E-state index contributed by atoms with van der Waals surface area (Å²) in [5.74, 6) is -1.85. The van der Waals surface area contributed by atoms with Gasteiger partial charge in [0.05, 0.1) is 25.8 Å². The second-order valence-electron chi connectivity index (χ2n) is 2.69. The van der Waals surface area contributed by atoms with Crippen LogP contribution in [0.5, 0.6) is 5.75 Å². The zero-order valence-electron chi connectivity index (χ0n) is 8.27. The molecule has 0 spiro atoms. The number of esters is 1. The molecule has 80 valence electrons. The van der Waals surface area contributed by atoms with Crippen molar-refractivity contribution in [3.63, 3.8) is 0 Å².